The van der Waals surface area contributed by atoms with Crippen molar-refractivity contribution in [2.75, 3.05) is 23.8 Å². The molecule has 5 heterocycles. The van der Waals surface area contributed by atoms with Gasteiger partial charge in [-0.1, -0.05) is 0 Å². The van der Waals surface area contributed by atoms with Gasteiger partial charge >= 0.3 is 6.03 Å². The number of pyridine rings is 1. The molecule has 11 heteroatoms. The van der Waals surface area contributed by atoms with Crippen LogP contribution in [0.3, 0.4) is 0 Å². The van der Waals surface area contributed by atoms with E-state index >= 15 is 0 Å². The number of benzene rings is 1. The average molecular weight is 560 g/mol. The van der Waals surface area contributed by atoms with E-state index in [1.165, 1.54) is 22.4 Å². The van der Waals surface area contributed by atoms with Crippen LogP contribution in [0.4, 0.5) is 16.2 Å². The summed E-state index contributed by atoms with van der Waals surface area (Å²) in [6.07, 6.45) is 11.0. The Morgan fingerprint density at radius 1 is 0.976 bits per heavy atom. The highest BCUT2D eigenvalue weighted by Crippen LogP contribution is 2.53. The van der Waals surface area contributed by atoms with E-state index in [2.05, 4.69) is 26.5 Å². The van der Waals surface area contributed by atoms with Gasteiger partial charge in [-0.25, -0.2) is 24.7 Å². The van der Waals surface area contributed by atoms with Crippen LogP contribution in [-0.2, 0) is 11.3 Å². The van der Waals surface area contributed by atoms with Gasteiger partial charge in [-0.2, -0.15) is 0 Å². The largest absolute Gasteiger partial charge is 0.379 e. The Morgan fingerprint density at radius 2 is 1.86 bits per heavy atom. The van der Waals surface area contributed by atoms with Gasteiger partial charge in [-0.15, -0.1) is 0 Å². The van der Waals surface area contributed by atoms with Crippen molar-refractivity contribution in [2.45, 2.75) is 50.5 Å². The maximum atomic E-state index is 12.8. The zero-order chi connectivity index (χ0) is 28.5. The first-order chi connectivity index (χ1) is 20.4. The Hall–Kier alpha value is -4.93. The van der Waals surface area contributed by atoms with E-state index in [4.69, 9.17) is 9.97 Å². The van der Waals surface area contributed by atoms with Gasteiger partial charge in [0.15, 0.2) is 5.65 Å². The maximum Gasteiger partial charge on any atom is 0.331 e. The number of nitrogens with one attached hydrogen (secondary N) is 1. The minimum Gasteiger partial charge on any atom is -0.379 e. The summed E-state index contributed by atoms with van der Waals surface area (Å²) in [7, 11) is 1.52. The van der Waals surface area contributed by atoms with E-state index < -0.39 is 0 Å². The minimum absolute atomic E-state index is 0.0271. The van der Waals surface area contributed by atoms with E-state index in [0.717, 1.165) is 58.9 Å². The number of hydrogen-bond acceptors (Lipinski definition) is 8. The van der Waals surface area contributed by atoms with Crippen LogP contribution >= 0.6 is 0 Å². The number of rotatable bonds is 7. The topological polar surface area (TPSA) is 122 Å². The Kier molecular flexibility index (Phi) is 5.50. The van der Waals surface area contributed by atoms with Crippen molar-refractivity contribution in [3.63, 3.8) is 0 Å². The molecule has 4 aromatic heterocycles. The van der Waals surface area contributed by atoms with Crippen LogP contribution in [-0.4, -0.2) is 59.8 Å². The zero-order valence-electron chi connectivity index (χ0n) is 23.4. The summed E-state index contributed by atoms with van der Waals surface area (Å²) in [6, 6.07) is 9.60. The van der Waals surface area contributed by atoms with Crippen molar-refractivity contribution >= 4 is 40.0 Å². The molecule has 2 atom stereocenters. The summed E-state index contributed by atoms with van der Waals surface area (Å²) in [4.78, 5) is 51.3. The molecule has 3 amide bonds. The lowest BCUT2D eigenvalue weighted by Crippen LogP contribution is -2.30. The first-order valence-corrected chi connectivity index (χ1v) is 14.3. The number of anilines is 2. The molecule has 1 aromatic carbocycles. The molecule has 5 aromatic rings. The van der Waals surface area contributed by atoms with Gasteiger partial charge in [-0.05, 0) is 68.0 Å². The Balaban J connectivity index is 1.04. The summed E-state index contributed by atoms with van der Waals surface area (Å²) in [6.45, 7) is 2.50. The molecule has 3 aliphatic rings. The number of nitrogens with zero attached hydrogens (tertiary/aromatic N) is 8. The fourth-order valence-electron chi connectivity index (χ4n) is 5.82. The smallest absolute Gasteiger partial charge is 0.331 e. The normalized spacial score (nSPS) is 20.2. The lowest BCUT2D eigenvalue weighted by molar-refractivity contribution is -0.123. The minimum atomic E-state index is -0.321. The van der Waals surface area contributed by atoms with Crippen molar-refractivity contribution in [1.29, 1.82) is 0 Å². The number of fused-ring (bicyclic) bond motifs is 2. The van der Waals surface area contributed by atoms with Gasteiger partial charge in [0, 0.05) is 55.1 Å². The van der Waals surface area contributed by atoms with Gasteiger partial charge in [0.2, 0.25) is 5.91 Å². The molecule has 2 saturated carbocycles. The number of aryl methyl sites for hydroxylation is 1. The molecule has 1 saturated heterocycles. The third-order valence-electron chi connectivity index (χ3n) is 8.48. The third-order valence-corrected chi connectivity index (χ3v) is 8.48. The molecule has 0 bridgehead atoms. The number of carbonyl (C=O) groups is 2. The van der Waals surface area contributed by atoms with Gasteiger partial charge in [0.25, 0.3) is 0 Å². The first kappa shape index (κ1) is 24.8. The second-order valence-electron chi connectivity index (χ2n) is 11.6. The Morgan fingerprint density at radius 3 is 2.64 bits per heavy atom. The molecule has 0 unspecified atom stereocenters. The highest BCUT2D eigenvalue weighted by atomic mass is 16.2. The molecule has 3 fully saturated rings. The van der Waals surface area contributed by atoms with Crippen LogP contribution in [0.5, 0.6) is 0 Å². The number of hydrogen-bond donors (Lipinski definition) is 1. The van der Waals surface area contributed by atoms with Gasteiger partial charge in [-0.3, -0.25) is 19.6 Å². The van der Waals surface area contributed by atoms with Crippen LogP contribution in [0.15, 0.2) is 55.1 Å². The third kappa shape index (κ3) is 4.32. The number of likely N-dealkylation sites (N-methyl/N-ethyl adjacent to an activating group) is 1. The van der Waals surface area contributed by atoms with Crippen LogP contribution in [0, 0.1) is 6.92 Å². The van der Waals surface area contributed by atoms with Crippen molar-refractivity contribution in [2.24, 2.45) is 0 Å². The summed E-state index contributed by atoms with van der Waals surface area (Å²) in [5.41, 5.74) is 7.87. The van der Waals surface area contributed by atoms with E-state index in [9.17, 15) is 9.59 Å². The molecule has 0 radical (unpaired) electrons. The lowest BCUT2D eigenvalue weighted by atomic mass is 10.1. The van der Waals surface area contributed by atoms with E-state index in [1.807, 2.05) is 60.2 Å². The fourth-order valence-corrected chi connectivity index (χ4v) is 5.82. The van der Waals surface area contributed by atoms with Crippen LogP contribution in [0.1, 0.15) is 65.5 Å². The standard InChI is InChI=1S/C31H29N9O2/c1-17-7-8-32-29(35-17)23-11-22(23)26-13-34-24-6-5-20(10-25(24)37-26)33-12-21-15-39-14-19(18-3-4-18)9-27(30(39)36-21)40-16-28(41)38(2)31(40)42/h5-10,13-15,18,22-23,33H,3-4,11-12,16H2,1-2H3/t22-,23-/m0/s1. The summed E-state index contributed by atoms with van der Waals surface area (Å²) in [5, 5.41) is 3.47. The number of amides is 3. The summed E-state index contributed by atoms with van der Waals surface area (Å²) >= 11 is 0. The van der Waals surface area contributed by atoms with E-state index in [1.54, 1.807) is 0 Å². The number of imide groups is 1. The summed E-state index contributed by atoms with van der Waals surface area (Å²) < 4.78 is 1.98. The molecule has 0 spiro atoms. The highest BCUT2D eigenvalue weighted by Gasteiger charge is 2.43. The van der Waals surface area contributed by atoms with E-state index in [0.29, 0.717) is 23.8 Å². The van der Waals surface area contributed by atoms with Crippen LogP contribution < -0.4 is 10.2 Å². The first-order valence-electron chi connectivity index (χ1n) is 14.3. The number of carbonyl (C=O) groups excluding carboxylic acids is 2. The lowest BCUT2D eigenvalue weighted by Gasteiger charge is -2.17. The number of aromatic nitrogens is 6. The molecule has 11 nitrogen and oxygen atoms in total. The average Bonchev–Trinajstić information content (AvgIpc) is 3.92. The second-order valence-corrected chi connectivity index (χ2v) is 11.6. The fraction of sp³-hybridized carbons (Fsp3) is 0.323. The Bertz CT molecular complexity index is 1910. The van der Waals surface area contributed by atoms with Gasteiger partial charge < -0.3 is 9.72 Å². The molecular formula is C31H29N9O2. The molecule has 210 valence electrons. The SMILES string of the molecule is Cc1ccnc([C@H]2C[C@@H]2c2cnc3ccc(NCc4cn5cc(C6CC6)cc(N6CC(=O)N(C)C6=O)c5n4)cc3n2)n1. The molecule has 1 N–H and O–H groups in total. The van der Waals surface area contributed by atoms with Crippen LogP contribution in [0.2, 0.25) is 0 Å². The van der Waals surface area contributed by atoms with Crippen molar-refractivity contribution in [3.8, 4) is 0 Å². The quantitative estimate of drug-likeness (QED) is 0.289. The Labute approximate surface area is 241 Å². The predicted octanol–water partition coefficient (Wildman–Crippen LogP) is 4.53. The van der Waals surface area contributed by atoms with Gasteiger partial charge in [0.05, 0.1) is 34.7 Å². The zero-order valence-corrected chi connectivity index (χ0v) is 23.4. The van der Waals surface area contributed by atoms with Crippen molar-refractivity contribution < 1.29 is 9.59 Å². The summed E-state index contributed by atoms with van der Waals surface area (Å²) in [5.74, 6) is 1.72. The number of urea groups is 1. The maximum absolute atomic E-state index is 12.8. The monoisotopic (exact) mass is 559 g/mol. The molecule has 8 rings (SSSR count). The van der Waals surface area contributed by atoms with Crippen LogP contribution in [0.25, 0.3) is 16.7 Å². The predicted molar refractivity (Wildman–Crippen MR) is 156 cm³/mol. The molecule has 42 heavy (non-hydrogen) atoms. The van der Waals surface area contributed by atoms with E-state index in [-0.39, 0.29) is 30.3 Å². The molecular weight excluding hydrogens is 530 g/mol. The highest BCUT2D eigenvalue weighted by molar-refractivity contribution is 6.13. The molecule has 1 aliphatic heterocycles. The van der Waals surface area contributed by atoms with Gasteiger partial charge in [0.1, 0.15) is 12.4 Å². The van der Waals surface area contributed by atoms with Crippen molar-refractivity contribution in [1.82, 2.24) is 34.2 Å². The second kappa shape index (κ2) is 9.30. The molecule has 2 aliphatic carbocycles. The van der Waals surface area contributed by atoms with Crippen molar-refractivity contribution in [3.05, 3.63) is 83.6 Å². The number of imidazole rings is 1.